The van der Waals surface area contributed by atoms with Gasteiger partial charge in [-0.05, 0) is 84.9 Å². The van der Waals surface area contributed by atoms with Crippen LogP contribution in [0.4, 0.5) is 11.5 Å². The Kier molecular flexibility index (Phi) is 9.86. The summed E-state index contributed by atoms with van der Waals surface area (Å²) in [7, 11) is 0. The number of fused-ring (bicyclic) bond motifs is 5. The van der Waals surface area contributed by atoms with Crippen molar-refractivity contribution >= 4 is 35.4 Å². The number of carbonyl (C=O) groups excluding carboxylic acids is 4. The minimum absolute atomic E-state index is 0.0116. The van der Waals surface area contributed by atoms with Gasteiger partial charge in [-0.15, -0.1) is 0 Å². The van der Waals surface area contributed by atoms with Gasteiger partial charge in [-0.25, -0.2) is 4.98 Å². The van der Waals surface area contributed by atoms with E-state index in [0.29, 0.717) is 42.9 Å². The highest BCUT2D eigenvalue weighted by atomic mass is 16.6. The quantitative estimate of drug-likeness (QED) is 0.145. The average molecular weight is 673 g/mol. The van der Waals surface area contributed by atoms with Crippen LogP contribution in [0.1, 0.15) is 56.9 Å². The summed E-state index contributed by atoms with van der Waals surface area (Å²) < 4.78 is 6.24. The number of Topliss-reactive ketones (excluding diaryl/α,β-unsaturated/α-hetero) is 1. The zero-order valence-corrected chi connectivity index (χ0v) is 27.7. The highest BCUT2D eigenvalue weighted by Gasteiger charge is 2.65. The number of nitrogens with one attached hydrogen (secondary N) is 3. The van der Waals surface area contributed by atoms with Crippen LogP contribution in [0.3, 0.4) is 0 Å². The van der Waals surface area contributed by atoms with E-state index in [1.54, 1.807) is 36.4 Å². The Morgan fingerprint density at radius 3 is 2.63 bits per heavy atom. The van der Waals surface area contributed by atoms with Gasteiger partial charge in [-0.2, -0.15) is 0 Å². The number of nitrogens with zero attached hydrogens (tertiary/aromatic N) is 1. The number of hydrogen-bond donors (Lipinski definition) is 6. The highest BCUT2D eigenvalue weighted by Crippen LogP contribution is 2.66. The molecule has 12 nitrogen and oxygen atoms in total. The zero-order chi connectivity index (χ0) is 34.9. The smallest absolute Gasteiger partial charge is 0.243 e. The van der Waals surface area contributed by atoms with Crippen molar-refractivity contribution in [3.63, 3.8) is 0 Å². The van der Waals surface area contributed by atoms with E-state index in [2.05, 4.69) is 27.9 Å². The van der Waals surface area contributed by atoms with Gasteiger partial charge in [0.1, 0.15) is 12.4 Å². The number of aliphatic hydroxyl groups is 3. The maximum Gasteiger partial charge on any atom is 0.243 e. The van der Waals surface area contributed by atoms with Crippen LogP contribution in [0.5, 0.6) is 0 Å². The Morgan fingerprint density at radius 1 is 1.16 bits per heavy atom. The number of ketones is 2. The molecule has 0 spiro atoms. The van der Waals surface area contributed by atoms with Gasteiger partial charge in [0.15, 0.2) is 17.9 Å². The molecular weight excluding hydrogens is 628 g/mol. The van der Waals surface area contributed by atoms with E-state index >= 15 is 0 Å². The highest BCUT2D eigenvalue weighted by molar-refractivity contribution is 6.01. The first-order chi connectivity index (χ1) is 23.5. The van der Waals surface area contributed by atoms with Crippen LogP contribution in [0.15, 0.2) is 66.4 Å². The molecule has 0 bridgehead atoms. The fourth-order valence-electron chi connectivity index (χ4n) is 9.26. The number of benzene rings is 1. The molecule has 260 valence electrons. The molecule has 1 heterocycles. The Hall–Kier alpha value is -4.23. The molecular formula is C37H44N4O8. The van der Waals surface area contributed by atoms with Gasteiger partial charge in [-0.3, -0.25) is 19.2 Å². The maximum atomic E-state index is 13.3. The van der Waals surface area contributed by atoms with E-state index in [1.807, 2.05) is 25.1 Å². The summed E-state index contributed by atoms with van der Waals surface area (Å²) in [5.74, 6) is -0.898. The van der Waals surface area contributed by atoms with Crippen molar-refractivity contribution in [3.05, 3.63) is 77.5 Å². The van der Waals surface area contributed by atoms with Gasteiger partial charge in [-0.1, -0.05) is 37.6 Å². The summed E-state index contributed by atoms with van der Waals surface area (Å²) in [4.78, 5) is 52.0. The molecule has 2 aromatic rings. The molecule has 0 aliphatic heterocycles. The summed E-state index contributed by atoms with van der Waals surface area (Å²) in [5, 5.41) is 41.1. The molecule has 1 aromatic carbocycles. The van der Waals surface area contributed by atoms with Gasteiger partial charge in [0, 0.05) is 35.3 Å². The van der Waals surface area contributed by atoms with Crippen molar-refractivity contribution in [2.24, 2.45) is 34.5 Å². The first kappa shape index (κ1) is 34.6. The van der Waals surface area contributed by atoms with Crippen LogP contribution in [0.25, 0.3) is 0 Å². The lowest BCUT2D eigenvalue weighted by atomic mass is 9.46. The summed E-state index contributed by atoms with van der Waals surface area (Å²) in [5.41, 5.74) is 1.91. The fourth-order valence-corrected chi connectivity index (χ4v) is 9.26. The number of allylic oxidation sites excluding steroid dienone is 4. The number of rotatable bonds is 12. The minimum Gasteiger partial charge on any atom is -0.393 e. The van der Waals surface area contributed by atoms with Gasteiger partial charge in [0.2, 0.25) is 12.3 Å². The molecule has 12 heteroatoms. The van der Waals surface area contributed by atoms with Crippen LogP contribution in [0.2, 0.25) is 0 Å². The van der Waals surface area contributed by atoms with Crippen molar-refractivity contribution in [2.45, 2.75) is 64.6 Å². The molecule has 7 unspecified atom stereocenters. The van der Waals surface area contributed by atoms with Crippen molar-refractivity contribution in [2.75, 3.05) is 23.8 Å². The number of carbonyl (C=O) groups is 4. The Balaban J connectivity index is 1.11. The third kappa shape index (κ3) is 6.70. The molecule has 2 amide bonds. The average Bonchev–Trinajstić information content (AvgIpc) is 3.37. The number of pyridine rings is 1. The molecule has 0 saturated heterocycles. The Morgan fingerprint density at radius 2 is 1.94 bits per heavy atom. The van der Waals surface area contributed by atoms with Crippen LogP contribution in [-0.4, -0.2) is 69.5 Å². The lowest BCUT2D eigenvalue weighted by Crippen LogP contribution is -2.56. The number of amides is 2. The maximum absolute atomic E-state index is 13.3. The first-order valence-electron chi connectivity index (χ1n) is 16.8. The Labute approximate surface area is 285 Å². The van der Waals surface area contributed by atoms with Crippen molar-refractivity contribution in [1.29, 1.82) is 0 Å². The van der Waals surface area contributed by atoms with E-state index in [0.717, 1.165) is 24.0 Å². The number of ether oxygens (including phenoxy) is 1. The minimum atomic E-state index is -1.36. The molecule has 4 aliphatic rings. The number of aliphatic hydroxyl groups excluding tert-OH is 3. The van der Waals surface area contributed by atoms with E-state index < -0.39 is 41.9 Å². The van der Waals surface area contributed by atoms with Crippen molar-refractivity contribution in [1.82, 2.24) is 10.3 Å². The molecule has 0 radical (unpaired) electrons. The second-order valence-corrected chi connectivity index (χ2v) is 14.2. The second-order valence-electron chi connectivity index (χ2n) is 14.2. The zero-order valence-electron chi connectivity index (χ0n) is 27.7. The molecule has 1 aromatic heterocycles. The van der Waals surface area contributed by atoms with Crippen LogP contribution >= 0.6 is 0 Å². The summed E-state index contributed by atoms with van der Waals surface area (Å²) in [6, 6.07) is 10.6. The second kappa shape index (κ2) is 13.9. The summed E-state index contributed by atoms with van der Waals surface area (Å²) >= 11 is 0. The fraction of sp³-hybridized carbons (Fsp3) is 0.486. The number of hydrogen-bond acceptors (Lipinski definition) is 10. The van der Waals surface area contributed by atoms with E-state index in [4.69, 9.17) is 4.74 Å². The molecule has 3 fully saturated rings. The first-order valence-corrected chi connectivity index (χ1v) is 16.8. The van der Waals surface area contributed by atoms with E-state index in [-0.39, 0.29) is 41.8 Å². The lowest BCUT2D eigenvalue weighted by molar-refractivity contribution is -0.167. The predicted molar refractivity (Wildman–Crippen MR) is 180 cm³/mol. The molecule has 9 atom stereocenters. The van der Waals surface area contributed by atoms with Crippen molar-refractivity contribution < 1.29 is 39.2 Å². The van der Waals surface area contributed by atoms with Gasteiger partial charge in [0.05, 0.1) is 24.7 Å². The van der Waals surface area contributed by atoms with Crippen LogP contribution in [0, 0.1) is 34.5 Å². The molecule has 6 rings (SSSR count). The van der Waals surface area contributed by atoms with Gasteiger partial charge >= 0.3 is 0 Å². The molecule has 4 aliphatic carbocycles. The Bertz CT molecular complexity index is 1640. The van der Waals surface area contributed by atoms with Gasteiger partial charge < -0.3 is 36.0 Å². The monoisotopic (exact) mass is 672 g/mol. The van der Waals surface area contributed by atoms with Crippen LogP contribution in [-0.2, 0) is 30.5 Å². The predicted octanol–water partition coefficient (Wildman–Crippen LogP) is 2.82. The van der Waals surface area contributed by atoms with Crippen molar-refractivity contribution in [3.8, 4) is 0 Å². The summed E-state index contributed by atoms with van der Waals surface area (Å²) in [6.45, 7) is 3.80. The third-order valence-electron chi connectivity index (χ3n) is 11.4. The largest absolute Gasteiger partial charge is 0.393 e. The van der Waals surface area contributed by atoms with E-state index in [9.17, 15) is 34.5 Å². The molecule has 49 heavy (non-hydrogen) atoms. The number of anilines is 2. The van der Waals surface area contributed by atoms with Gasteiger partial charge in [0.25, 0.3) is 0 Å². The normalized spacial score (nSPS) is 32.2. The van der Waals surface area contributed by atoms with Crippen LogP contribution < -0.4 is 16.0 Å². The SMILES string of the molecule is CC12C=CC(=O)C=C1CCC1C2C(O)CC2(C)C1C[C@@H](O[C@H](O)c1ccc(NCc3ccc(NC(=O)CNC=O)cc3)nc1)C2C(=O)CO. The standard InChI is InChI=1S/C37H44N4O8/c1-36-12-11-25(44)13-23(36)6-9-26-27-14-30(34(29(46)19-42)37(27,2)15-28(45)33(26)36)49-35(48)22-5-10-31(40-17-22)39-16-21-3-7-24(8-4-21)41-32(47)18-38-20-43/h3-5,7-8,10-13,17,20,26-28,30,33-35,42,45,48H,6,9,14-16,18-19H2,1-2H3,(H,38,43)(H,39,40)(H,41,47)/t26?,27?,28?,30-,33?,34?,35+,36?,37?/m1/s1. The number of aromatic nitrogens is 1. The van der Waals surface area contributed by atoms with E-state index in [1.165, 1.54) is 6.20 Å². The third-order valence-corrected chi connectivity index (χ3v) is 11.4. The topological polar surface area (TPSA) is 187 Å². The molecule has 3 saturated carbocycles. The molecule has 6 N–H and O–H groups in total. The lowest BCUT2D eigenvalue weighted by Gasteiger charge is -2.58. The summed E-state index contributed by atoms with van der Waals surface area (Å²) in [6.07, 6.45) is 6.84.